The van der Waals surface area contributed by atoms with Crippen LogP contribution in [0, 0.1) is 13.8 Å². The predicted molar refractivity (Wildman–Crippen MR) is 265 cm³/mol. The van der Waals surface area contributed by atoms with Gasteiger partial charge in [0.1, 0.15) is 17.2 Å². The third-order valence-electron chi connectivity index (χ3n) is 11.4. The fraction of sp³-hybridized carbons (Fsp3) is 0.538. The van der Waals surface area contributed by atoms with Crippen LogP contribution in [0.1, 0.15) is 151 Å². The smallest absolute Gasteiger partial charge is 0.379 e. The van der Waals surface area contributed by atoms with Crippen molar-refractivity contribution in [2.24, 2.45) is 0 Å². The molecule has 2 N–H and O–H groups in total. The first-order chi connectivity index (χ1) is 31.5. The molecule has 10 nitrogen and oxygen atoms in total. The molecule has 4 aromatic rings. The van der Waals surface area contributed by atoms with Gasteiger partial charge in [-0.15, -0.1) is 0 Å². The van der Waals surface area contributed by atoms with Gasteiger partial charge in [0.15, 0.2) is 11.1 Å². The number of hydrogen-bond donors (Lipinski definition) is 2. The molecule has 4 aromatic carbocycles. The molecular weight excluding hydrogens is 879 g/mol. The van der Waals surface area contributed by atoms with E-state index in [1.54, 1.807) is 24.3 Å². The van der Waals surface area contributed by atoms with Crippen molar-refractivity contribution in [2.75, 3.05) is 25.5 Å². The van der Waals surface area contributed by atoms with Gasteiger partial charge in [-0.1, -0.05) is 162 Å². The van der Waals surface area contributed by atoms with E-state index in [2.05, 4.69) is 0 Å². The summed E-state index contributed by atoms with van der Waals surface area (Å²) in [5.41, 5.74) is 4.19. The van der Waals surface area contributed by atoms with E-state index < -0.39 is 26.3 Å². The highest BCUT2D eigenvalue weighted by molar-refractivity contribution is 7.79. The maximum atomic E-state index is 14.1. The Labute approximate surface area is 392 Å². The van der Waals surface area contributed by atoms with E-state index in [0.717, 1.165) is 104 Å². The molecule has 0 aliphatic heterocycles. The first kappa shape index (κ1) is 54.3. The van der Waals surface area contributed by atoms with Crippen LogP contribution in [0.5, 0.6) is 17.2 Å². The zero-order chi connectivity index (χ0) is 46.4. The van der Waals surface area contributed by atoms with Crippen molar-refractivity contribution in [1.82, 2.24) is 0 Å². The third kappa shape index (κ3) is 24.9. The summed E-state index contributed by atoms with van der Waals surface area (Å²) in [5.74, 6) is 2.00. The van der Waals surface area contributed by atoms with Crippen molar-refractivity contribution >= 4 is 26.3 Å². The average Bonchev–Trinajstić information content (AvgIpc) is 3.30. The lowest BCUT2D eigenvalue weighted by atomic mass is 10.1. The molecule has 65 heavy (non-hydrogen) atoms. The Balaban J connectivity index is 1.01. The van der Waals surface area contributed by atoms with Crippen LogP contribution in [0.3, 0.4) is 0 Å². The van der Waals surface area contributed by atoms with Crippen LogP contribution < -0.4 is 14.0 Å². The first-order valence-corrected chi connectivity index (χ1v) is 28.7. The van der Waals surface area contributed by atoms with Crippen LogP contribution in [0.2, 0.25) is 0 Å². The second kappa shape index (κ2) is 31.7. The van der Waals surface area contributed by atoms with Gasteiger partial charge in [-0.3, -0.25) is 9.09 Å². The summed E-state index contributed by atoms with van der Waals surface area (Å²) in [6.07, 6.45) is 22.2. The Morgan fingerprint density at radius 2 is 0.800 bits per heavy atom. The molecule has 3 atom stereocenters. The molecule has 13 heteroatoms. The first-order valence-electron chi connectivity index (χ1n) is 24.1. The van der Waals surface area contributed by atoms with Crippen LogP contribution in [0.25, 0.3) is 0 Å². The fourth-order valence-electron chi connectivity index (χ4n) is 7.36. The Bertz CT molecular complexity index is 1980. The summed E-state index contributed by atoms with van der Waals surface area (Å²) in [4.78, 5) is 10.5. The number of unbranched alkanes of at least 4 members (excludes halogenated alkanes) is 18. The fourth-order valence-corrected chi connectivity index (χ4v) is 10.5. The summed E-state index contributed by atoms with van der Waals surface area (Å²) >= 11 is -1.97. The lowest BCUT2D eigenvalue weighted by Crippen LogP contribution is -2.04. The van der Waals surface area contributed by atoms with E-state index in [1.165, 1.54) is 51.4 Å². The van der Waals surface area contributed by atoms with Gasteiger partial charge in [-0.05, 0) is 99.2 Å². The summed E-state index contributed by atoms with van der Waals surface area (Å²) in [6.45, 7) is 5.75. The van der Waals surface area contributed by atoms with Gasteiger partial charge in [-0.2, -0.15) is 0 Å². The topological polar surface area (TPSA) is 138 Å². The molecule has 0 saturated heterocycles. The van der Waals surface area contributed by atoms with Crippen LogP contribution >= 0.6 is 15.2 Å². The molecule has 0 spiro atoms. The largest absolute Gasteiger partial charge is 0.494 e. The molecule has 0 bridgehead atoms. The molecule has 0 amide bonds. The van der Waals surface area contributed by atoms with Crippen molar-refractivity contribution in [2.45, 2.75) is 160 Å². The van der Waals surface area contributed by atoms with Gasteiger partial charge in [0.05, 0.1) is 37.5 Å². The monoisotopic (exact) mass is 954 g/mol. The molecule has 0 aliphatic rings. The summed E-state index contributed by atoms with van der Waals surface area (Å²) < 4.78 is 75.9. The third-order valence-corrected chi connectivity index (χ3v) is 15.4. The molecule has 3 unspecified atom stereocenters. The Hall–Kier alpha value is -3.27. The second-order valence-corrected chi connectivity index (χ2v) is 22.3. The maximum Gasteiger partial charge on any atom is 0.379 e. The molecule has 4 rings (SSSR count). The van der Waals surface area contributed by atoms with Crippen molar-refractivity contribution in [3.05, 3.63) is 119 Å². The van der Waals surface area contributed by atoms with Crippen LogP contribution in [0.4, 0.5) is 0 Å². The highest BCUT2D eigenvalue weighted by Crippen LogP contribution is 2.50. The molecule has 0 heterocycles. The van der Waals surface area contributed by atoms with Gasteiger partial charge in [-0.25, -0.2) is 8.77 Å². The number of benzene rings is 4. The highest BCUT2D eigenvalue weighted by Gasteiger charge is 2.26. The number of ether oxygens (including phenoxy) is 2. The van der Waals surface area contributed by atoms with E-state index in [9.17, 15) is 18.2 Å². The van der Waals surface area contributed by atoms with Crippen molar-refractivity contribution in [3.63, 3.8) is 0 Å². The molecule has 0 fully saturated rings. The highest BCUT2D eigenvalue weighted by atomic mass is 32.2. The number of hydrogen-bond acceptors (Lipinski definition) is 8. The summed E-state index contributed by atoms with van der Waals surface area (Å²) in [7, 11) is -6.95. The van der Waals surface area contributed by atoms with E-state index in [-0.39, 0.29) is 19.4 Å². The molecule has 360 valence electrons. The number of rotatable bonds is 37. The quantitative estimate of drug-likeness (QED) is 0.0255. The average molecular weight is 955 g/mol. The maximum absolute atomic E-state index is 14.1. The van der Waals surface area contributed by atoms with Gasteiger partial charge in [0.2, 0.25) is 0 Å². The minimum absolute atomic E-state index is 0.171. The van der Waals surface area contributed by atoms with Gasteiger partial charge < -0.3 is 28.0 Å². The molecule has 0 aliphatic carbocycles. The lowest BCUT2D eigenvalue weighted by molar-refractivity contribution is 0.249. The minimum atomic E-state index is -3.55. The molecule has 0 aromatic heterocycles. The standard InChI is InChI=1S/C52H76O10P2S/c1-45-23-27-47(28-24-45)43-60-63(53,54)41-21-17-13-9-5-3-7-11-15-19-39-58-49-31-33-51(34-32-49)62-64(55,61-44-48-29-25-46(2)26-30-48)42-22-18-14-10-6-4-8-12-16-20-40-59-50-35-37-52(38-36-50)65(56)57/h23-38H,3-22,39-44H2,1-2H3,(H,53,54)(H,56,57). The van der Waals surface area contributed by atoms with E-state index >= 15 is 0 Å². The summed E-state index contributed by atoms with van der Waals surface area (Å²) in [5, 5.41) is 0. The Kier molecular flexibility index (Phi) is 26.5. The van der Waals surface area contributed by atoms with Crippen molar-refractivity contribution < 1.29 is 45.8 Å². The lowest BCUT2D eigenvalue weighted by Gasteiger charge is -2.20. The van der Waals surface area contributed by atoms with Crippen LogP contribution in [-0.4, -0.2) is 39.2 Å². The van der Waals surface area contributed by atoms with Gasteiger partial charge in [0.25, 0.3) is 0 Å². The van der Waals surface area contributed by atoms with Crippen molar-refractivity contribution in [3.8, 4) is 17.2 Å². The van der Waals surface area contributed by atoms with Crippen molar-refractivity contribution in [1.29, 1.82) is 0 Å². The molecule has 0 radical (unpaired) electrons. The Morgan fingerprint density at radius 3 is 1.23 bits per heavy atom. The molecular formula is C52H76O10P2S. The zero-order valence-corrected chi connectivity index (χ0v) is 41.7. The van der Waals surface area contributed by atoms with Gasteiger partial charge in [0, 0.05) is 6.16 Å². The zero-order valence-electron chi connectivity index (χ0n) is 39.1. The van der Waals surface area contributed by atoms with Gasteiger partial charge >= 0.3 is 15.2 Å². The van der Waals surface area contributed by atoms with Crippen LogP contribution in [-0.2, 0) is 42.5 Å². The summed E-state index contributed by atoms with van der Waals surface area (Å²) in [6, 6.07) is 30.0. The predicted octanol–water partition coefficient (Wildman–Crippen LogP) is 15.3. The second-order valence-electron chi connectivity index (χ2n) is 17.3. The Morgan fingerprint density at radius 1 is 0.446 bits per heavy atom. The van der Waals surface area contributed by atoms with E-state index in [0.29, 0.717) is 36.4 Å². The number of aryl methyl sites for hydroxylation is 2. The molecule has 0 saturated carbocycles. The van der Waals surface area contributed by atoms with Crippen LogP contribution in [0.15, 0.2) is 102 Å². The van der Waals surface area contributed by atoms with E-state index in [4.69, 9.17) is 27.6 Å². The van der Waals surface area contributed by atoms with E-state index in [1.807, 2.05) is 86.6 Å². The SMILES string of the molecule is Cc1ccc(COP(=O)(O)CCCCCCCCCCCCOc2ccc(OP(=O)(CCCCCCCCCCCCOc3ccc(S(=O)O)cc3)OCc3ccc(C)cc3)cc2)cc1. The normalized spacial score (nSPS) is 13.8. The minimum Gasteiger partial charge on any atom is -0.494 e.